The van der Waals surface area contributed by atoms with Gasteiger partial charge in [0.05, 0.1) is 5.70 Å². The molecule has 0 unspecified atom stereocenters. The van der Waals surface area contributed by atoms with E-state index in [0.717, 1.165) is 22.5 Å². The Labute approximate surface area is 183 Å². The van der Waals surface area contributed by atoms with Gasteiger partial charge in [0.2, 0.25) is 0 Å². The van der Waals surface area contributed by atoms with Crippen LogP contribution in [0.4, 0.5) is 0 Å². The predicted octanol–water partition coefficient (Wildman–Crippen LogP) is 6.05. The monoisotopic (exact) mass is 407 g/mol. The average molecular weight is 408 g/mol. The van der Waals surface area contributed by atoms with E-state index in [0.29, 0.717) is 29.7 Å². The molecule has 0 aliphatic carbocycles. The number of nitrogens with zero attached hydrogens (tertiary/aromatic N) is 1. The molecule has 3 aromatic carbocycles. The maximum Gasteiger partial charge on any atom is 0.191 e. The fraction of sp³-hybridized carbons (Fsp3) is 0.143. The lowest BCUT2D eigenvalue weighted by Gasteiger charge is -2.36. The lowest BCUT2D eigenvalue weighted by Crippen LogP contribution is -2.29. The second-order valence-electron chi connectivity index (χ2n) is 7.76. The number of hydrogen-bond donors (Lipinski definition) is 0. The number of allylic oxidation sites excluding steroid dienone is 3. The van der Waals surface area contributed by atoms with Crippen LogP contribution in [0.2, 0.25) is 0 Å². The maximum atomic E-state index is 13.6. The van der Waals surface area contributed by atoms with Gasteiger partial charge in [0, 0.05) is 35.4 Å². The number of Topliss-reactive ketones (excluding diaryl/α,β-unsaturated/α-hetero) is 2. The van der Waals surface area contributed by atoms with Crippen LogP contribution in [0, 0.1) is 0 Å². The molecule has 3 nitrogen and oxygen atoms in total. The fourth-order valence-corrected chi connectivity index (χ4v) is 4.10. The normalized spacial score (nSPS) is 14.1. The highest BCUT2D eigenvalue weighted by Crippen LogP contribution is 2.39. The molecule has 1 aliphatic rings. The Morgan fingerprint density at radius 3 is 1.90 bits per heavy atom. The molecule has 0 amide bonds. The van der Waals surface area contributed by atoms with Gasteiger partial charge in [-0.2, -0.15) is 0 Å². The highest BCUT2D eigenvalue weighted by atomic mass is 16.1. The first kappa shape index (κ1) is 20.5. The quantitative estimate of drug-likeness (QED) is 0.467. The Kier molecular flexibility index (Phi) is 5.94. The predicted molar refractivity (Wildman–Crippen MR) is 124 cm³/mol. The van der Waals surface area contributed by atoms with Crippen molar-refractivity contribution in [3.05, 3.63) is 125 Å². The number of carbonyl (C=O) groups excluding carboxylic acids is 2. The zero-order valence-corrected chi connectivity index (χ0v) is 17.8. The first-order chi connectivity index (χ1) is 15.1. The summed E-state index contributed by atoms with van der Waals surface area (Å²) in [6.07, 6.45) is 0.338. The highest BCUT2D eigenvalue weighted by Gasteiger charge is 2.31. The molecule has 154 valence electrons. The van der Waals surface area contributed by atoms with E-state index in [1.54, 1.807) is 6.92 Å². The van der Waals surface area contributed by atoms with E-state index in [1.807, 2.05) is 85.8 Å². The van der Waals surface area contributed by atoms with Gasteiger partial charge in [-0.05, 0) is 25.0 Å². The number of ketones is 2. The molecule has 3 heteroatoms. The summed E-state index contributed by atoms with van der Waals surface area (Å²) in [4.78, 5) is 28.3. The summed E-state index contributed by atoms with van der Waals surface area (Å²) in [5, 5.41) is 0. The molecular weight excluding hydrogens is 382 g/mol. The van der Waals surface area contributed by atoms with Gasteiger partial charge in [0.1, 0.15) is 0 Å². The average Bonchev–Trinajstić information content (AvgIpc) is 2.81. The summed E-state index contributed by atoms with van der Waals surface area (Å²) in [6.45, 7) is 4.14. The van der Waals surface area contributed by atoms with Crippen LogP contribution in [0.15, 0.2) is 108 Å². The summed E-state index contributed by atoms with van der Waals surface area (Å²) in [5.41, 5.74) is 5.85. The van der Waals surface area contributed by atoms with Gasteiger partial charge >= 0.3 is 0 Å². The number of carbonyl (C=O) groups is 2. The van der Waals surface area contributed by atoms with Crippen molar-refractivity contribution in [1.29, 1.82) is 0 Å². The van der Waals surface area contributed by atoms with Gasteiger partial charge in [-0.1, -0.05) is 91.0 Å². The van der Waals surface area contributed by atoms with Gasteiger partial charge in [-0.15, -0.1) is 0 Å². The van der Waals surface area contributed by atoms with Crippen molar-refractivity contribution in [2.24, 2.45) is 0 Å². The van der Waals surface area contributed by atoms with Gasteiger partial charge in [0.25, 0.3) is 0 Å². The first-order valence-electron chi connectivity index (χ1n) is 10.5. The third-order valence-corrected chi connectivity index (χ3v) is 5.72. The Bertz CT molecular complexity index is 1160. The van der Waals surface area contributed by atoms with Crippen molar-refractivity contribution < 1.29 is 9.59 Å². The summed E-state index contributed by atoms with van der Waals surface area (Å²) < 4.78 is 0. The minimum atomic E-state index is -0.0382. The molecule has 1 aliphatic heterocycles. The summed E-state index contributed by atoms with van der Waals surface area (Å²) >= 11 is 0. The molecule has 0 atom stereocenters. The van der Waals surface area contributed by atoms with Crippen molar-refractivity contribution in [2.75, 3.05) is 0 Å². The van der Waals surface area contributed by atoms with E-state index in [2.05, 4.69) is 17.0 Å². The third kappa shape index (κ3) is 4.26. The highest BCUT2D eigenvalue weighted by molar-refractivity contribution is 6.15. The minimum absolute atomic E-state index is 0.000958. The fourth-order valence-electron chi connectivity index (χ4n) is 4.10. The van der Waals surface area contributed by atoms with Crippen LogP contribution in [0.5, 0.6) is 0 Å². The second-order valence-corrected chi connectivity index (χ2v) is 7.76. The molecule has 0 bridgehead atoms. The Balaban J connectivity index is 1.92. The largest absolute Gasteiger partial charge is 0.340 e. The van der Waals surface area contributed by atoms with Gasteiger partial charge < -0.3 is 4.90 Å². The van der Waals surface area contributed by atoms with Gasteiger partial charge in [-0.3, -0.25) is 9.59 Å². The van der Waals surface area contributed by atoms with Crippen LogP contribution < -0.4 is 0 Å². The molecule has 0 radical (unpaired) electrons. The van der Waals surface area contributed by atoms with Crippen LogP contribution in [-0.4, -0.2) is 16.5 Å². The lowest BCUT2D eigenvalue weighted by atomic mass is 9.86. The minimum Gasteiger partial charge on any atom is -0.340 e. The van der Waals surface area contributed by atoms with E-state index in [1.165, 1.54) is 0 Å². The molecule has 0 aromatic heterocycles. The Hall–Kier alpha value is -3.72. The summed E-state index contributed by atoms with van der Waals surface area (Å²) in [6, 6.07) is 29.4. The molecule has 0 spiro atoms. The molecule has 0 saturated carbocycles. The summed E-state index contributed by atoms with van der Waals surface area (Å²) in [7, 11) is 0. The van der Waals surface area contributed by atoms with Crippen LogP contribution in [0.25, 0.3) is 5.70 Å². The van der Waals surface area contributed by atoms with Crippen molar-refractivity contribution in [3.8, 4) is 0 Å². The SMILES string of the molecule is CC(=O)C1=C(C)N(Cc2ccccc2)C(c2ccccc2)=C(C(=O)c2ccccc2)C1. The van der Waals surface area contributed by atoms with E-state index >= 15 is 0 Å². The maximum absolute atomic E-state index is 13.6. The molecule has 0 saturated heterocycles. The van der Waals surface area contributed by atoms with E-state index in [9.17, 15) is 9.59 Å². The summed E-state index contributed by atoms with van der Waals surface area (Å²) in [5.74, 6) is -0.0372. The van der Waals surface area contributed by atoms with Crippen LogP contribution in [0.1, 0.15) is 41.8 Å². The molecule has 4 rings (SSSR count). The molecule has 0 N–H and O–H groups in total. The zero-order chi connectivity index (χ0) is 21.8. The lowest BCUT2D eigenvalue weighted by molar-refractivity contribution is -0.113. The topological polar surface area (TPSA) is 37.4 Å². The van der Waals surface area contributed by atoms with Crippen LogP contribution in [-0.2, 0) is 11.3 Å². The number of rotatable bonds is 6. The van der Waals surface area contributed by atoms with Gasteiger partial charge in [0.15, 0.2) is 11.6 Å². The van der Waals surface area contributed by atoms with Gasteiger partial charge in [-0.25, -0.2) is 0 Å². The Morgan fingerprint density at radius 1 is 0.774 bits per heavy atom. The smallest absolute Gasteiger partial charge is 0.191 e. The van der Waals surface area contributed by atoms with Crippen molar-refractivity contribution in [1.82, 2.24) is 4.90 Å². The standard InChI is InChI=1S/C28H25NO2/c1-20-25(21(2)30)18-26(28(31)24-16-10-5-11-17-24)27(23-14-8-4-9-15-23)29(20)19-22-12-6-3-7-13-22/h3-17H,18-19H2,1-2H3. The van der Waals surface area contributed by atoms with Crippen molar-refractivity contribution >= 4 is 17.3 Å². The van der Waals surface area contributed by atoms with Crippen LogP contribution >= 0.6 is 0 Å². The van der Waals surface area contributed by atoms with Crippen molar-refractivity contribution in [2.45, 2.75) is 26.8 Å². The number of hydrogen-bond acceptors (Lipinski definition) is 3. The van der Waals surface area contributed by atoms with E-state index < -0.39 is 0 Å². The zero-order valence-electron chi connectivity index (χ0n) is 17.8. The molecule has 1 heterocycles. The van der Waals surface area contributed by atoms with Crippen LogP contribution in [0.3, 0.4) is 0 Å². The van der Waals surface area contributed by atoms with E-state index in [-0.39, 0.29) is 11.6 Å². The first-order valence-corrected chi connectivity index (χ1v) is 10.5. The third-order valence-electron chi connectivity index (χ3n) is 5.72. The second kappa shape index (κ2) is 8.97. The Morgan fingerprint density at radius 2 is 1.32 bits per heavy atom. The molecule has 3 aromatic rings. The molecule has 31 heavy (non-hydrogen) atoms. The molecular formula is C28H25NO2. The molecule has 0 fully saturated rings. The van der Waals surface area contributed by atoms with E-state index in [4.69, 9.17) is 0 Å². The number of benzene rings is 3. The van der Waals surface area contributed by atoms with Crippen molar-refractivity contribution in [3.63, 3.8) is 0 Å².